The lowest BCUT2D eigenvalue weighted by atomic mass is 9.85. The fraction of sp³-hybridized carbons (Fsp3) is 0.269. The third-order valence-corrected chi connectivity index (χ3v) is 6.13. The maximum absolute atomic E-state index is 6.48. The van der Waals surface area contributed by atoms with Gasteiger partial charge in [-0.05, 0) is 40.4 Å². The Morgan fingerprint density at radius 3 is 2.31 bits per heavy atom. The first-order chi connectivity index (χ1) is 13.9. The van der Waals surface area contributed by atoms with Crippen molar-refractivity contribution >= 4 is 25.4 Å². The maximum atomic E-state index is 6.48. The quantitative estimate of drug-likeness (QED) is 0.391. The Bertz CT molecular complexity index is 987. The van der Waals surface area contributed by atoms with Crippen molar-refractivity contribution in [1.82, 2.24) is 0 Å². The van der Waals surface area contributed by atoms with Gasteiger partial charge in [-0.3, -0.25) is 4.99 Å². The van der Waals surface area contributed by atoms with Crippen LogP contribution in [0.3, 0.4) is 0 Å². The van der Waals surface area contributed by atoms with Gasteiger partial charge < -0.3 is 4.74 Å². The molecule has 0 N–H and O–H groups in total. The average Bonchev–Trinajstić information content (AvgIpc) is 2.68. The van der Waals surface area contributed by atoms with E-state index < -0.39 is 0 Å². The highest BCUT2D eigenvalue weighted by molar-refractivity contribution is 7.56. The zero-order valence-corrected chi connectivity index (χ0v) is 19.0. The summed E-state index contributed by atoms with van der Waals surface area (Å²) in [5.41, 5.74) is 4.88. The van der Waals surface area contributed by atoms with Crippen molar-refractivity contribution in [2.24, 2.45) is 4.99 Å². The molecule has 3 rings (SSSR count). The second kappa shape index (κ2) is 9.37. The minimum atomic E-state index is 0.00165. The number of aliphatic imine (C=N–C) groups is 1. The molecule has 3 heteroatoms. The van der Waals surface area contributed by atoms with Crippen LogP contribution in [0.5, 0.6) is 5.75 Å². The van der Waals surface area contributed by atoms with E-state index in [4.69, 9.17) is 4.74 Å². The third-order valence-electron chi connectivity index (χ3n) is 4.77. The van der Waals surface area contributed by atoms with Gasteiger partial charge in [0.1, 0.15) is 12.4 Å². The Balaban J connectivity index is 2.04. The summed E-state index contributed by atoms with van der Waals surface area (Å²) in [5, 5.41) is 2.54. The molecule has 0 saturated heterocycles. The predicted octanol–water partition coefficient (Wildman–Crippen LogP) is 5.55. The number of benzene rings is 3. The number of rotatable bonds is 6. The van der Waals surface area contributed by atoms with E-state index in [0.29, 0.717) is 15.2 Å². The summed E-state index contributed by atoms with van der Waals surface area (Å²) < 4.78 is 6.48. The maximum Gasteiger partial charge on any atom is 0.131 e. The van der Waals surface area contributed by atoms with Crippen molar-refractivity contribution in [2.75, 3.05) is 7.05 Å². The summed E-state index contributed by atoms with van der Waals surface area (Å²) in [6.45, 7) is 9.50. The van der Waals surface area contributed by atoms with E-state index in [-0.39, 0.29) is 5.41 Å². The molecular formula is C26H30NOP. The molecule has 3 aromatic rings. The van der Waals surface area contributed by atoms with Gasteiger partial charge in [0, 0.05) is 24.1 Å². The smallest absolute Gasteiger partial charge is 0.131 e. The normalized spacial score (nSPS) is 12.2. The lowest BCUT2D eigenvalue weighted by molar-refractivity contribution is 0.300. The Hall–Kier alpha value is -2.44. The summed E-state index contributed by atoms with van der Waals surface area (Å²) in [4.78, 5) is 4.23. The zero-order valence-electron chi connectivity index (χ0n) is 18.0. The Labute approximate surface area is 176 Å². The minimum absolute atomic E-state index is 0.00165. The molecule has 0 heterocycles. The molecule has 0 aromatic heterocycles. The van der Waals surface area contributed by atoms with Crippen LogP contribution in [0.1, 0.15) is 43.0 Å². The summed E-state index contributed by atoms with van der Waals surface area (Å²) in [5.74, 6) is 1.02. The van der Waals surface area contributed by atoms with Gasteiger partial charge >= 0.3 is 0 Å². The molecule has 150 valence electrons. The Morgan fingerprint density at radius 2 is 1.62 bits per heavy atom. The topological polar surface area (TPSA) is 21.6 Å². The highest BCUT2D eigenvalue weighted by Crippen LogP contribution is 2.35. The first-order valence-electron chi connectivity index (χ1n) is 9.98. The molecule has 1 unspecified atom stereocenters. The zero-order chi connectivity index (χ0) is 20.9. The highest BCUT2D eigenvalue weighted by Gasteiger charge is 2.23. The Kier molecular flexibility index (Phi) is 6.87. The van der Waals surface area contributed by atoms with Gasteiger partial charge in [0.2, 0.25) is 0 Å². The lowest BCUT2D eigenvalue weighted by Crippen LogP contribution is -2.20. The first-order valence-corrected chi connectivity index (χ1v) is 11.0. The van der Waals surface area contributed by atoms with Gasteiger partial charge in [0.15, 0.2) is 0 Å². The molecule has 2 nitrogen and oxygen atoms in total. The van der Waals surface area contributed by atoms with Gasteiger partial charge in [-0.2, -0.15) is 0 Å². The standard InChI is InChI=1S/C26H30NOP/c1-19-15-22(26(2,3)4)25(28-18-20-11-7-6-8-12-20)24(16-19)29-23-14-10-9-13-21(23)17-27-5/h6-17,29H,18H2,1-5H3. The number of hydrogen-bond donors (Lipinski definition) is 0. The fourth-order valence-corrected chi connectivity index (χ4v) is 4.70. The van der Waals surface area contributed by atoms with Crippen molar-refractivity contribution < 1.29 is 4.74 Å². The van der Waals surface area contributed by atoms with Crippen LogP contribution in [-0.4, -0.2) is 13.3 Å². The van der Waals surface area contributed by atoms with Crippen LogP contribution in [0.2, 0.25) is 0 Å². The largest absolute Gasteiger partial charge is 0.488 e. The molecule has 0 saturated carbocycles. The highest BCUT2D eigenvalue weighted by atomic mass is 31.1. The van der Waals surface area contributed by atoms with E-state index >= 15 is 0 Å². The van der Waals surface area contributed by atoms with Crippen LogP contribution < -0.4 is 15.3 Å². The lowest BCUT2D eigenvalue weighted by Gasteiger charge is -2.26. The van der Waals surface area contributed by atoms with Gasteiger partial charge in [0.25, 0.3) is 0 Å². The van der Waals surface area contributed by atoms with E-state index in [0.717, 1.165) is 5.75 Å². The number of aryl methyl sites for hydroxylation is 1. The van der Waals surface area contributed by atoms with E-state index in [9.17, 15) is 0 Å². The van der Waals surface area contributed by atoms with Gasteiger partial charge in [-0.25, -0.2) is 0 Å². The van der Waals surface area contributed by atoms with E-state index in [1.54, 1.807) is 0 Å². The monoisotopic (exact) mass is 403 g/mol. The number of nitrogens with zero attached hydrogens (tertiary/aromatic N) is 1. The van der Waals surface area contributed by atoms with Gasteiger partial charge in [-0.15, -0.1) is 0 Å². The molecule has 0 aliphatic carbocycles. The second-order valence-electron chi connectivity index (χ2n) is 8.31. The van der Waals surface area contributed by atoms with Crippen LogP contribution in [-0.2, 0) is 12.0 Å². The average molecular weight is 404 g/mol. The summed E-state index contributed by atoms with van der Waals surface area (Å²) in [6, 6.07) is 23.4. The molecular weight excluding hydrogens is 373 g/mol. The molecule has 29 heavy (non-hydrogen) atoms. The number of ether oxygens (including phenoxy) is 1. The molecule has 1 atom stereocenters. The summed E-state index contributed by atoms with van der Waals surface area (Å²) in [7, 11) is 2.33. The summed E-state index contributed by atoms with van der Waals surface area (Å²) in [6.07, 6.45) is 1.94. The van der Waals surface area contributed by atoms with Crippen molar-refractivity contribution in [1.29, 1.82) is 0 Å². The molecule has 0 aliphatic heterocycles. The summed E-state index contributed by atoms with van der Waals surface area (Å²) >= 11 is 0. The van der Waals surface area contributed by atoms with Crippen molar-refractivity contribution in [2.45, 2.75) is 39.7 Å². The van der Waals surface area contributed by atoms with Crippen molar-refractivity contribution in [3.63, 3.8) is 0 Å². The number of hydrogen-bond acceptors (Lipinski definition) is 2. The Morgan fingerprint density at radius 1 is 0.931 bits per heavy atom. The van der Waals surface area contributed by atoms with Crippen LogP contribution in [0, 0.1) is 6.92 Å². The van der Waals surface area contributed by atoms with Crippen LogP contribution in [0.15, 0.2) is 71.7 Å². The fourth-order valence-electron chi connectivity index (χ4n) is 3.32. The van der Waals surface area contributed by atoms with E-state index in [1.807, 2.05) is 19.3 Å². The van der Waals surface area contributed by atoms with Crippen LogP contribution in [0.25, 0.3) is 0 Å². The van der Waals surface area contributed by atoms with Crippen LogP contribution in [0.4, 0.5) is 0 Å². The SMILES string of the molecule is CN=Cc1ccccc1Pc1cc(C)cc(C(C)(C)C)c1OCc1ccccc1. The van der Waals surface area contributed by atoms with Gasteiger partial charge in [-0.1, -0.05) is 90.0 Å². The first kappa shape index (κ1) is 21.3. The minimum Gasteiger partial charge on any atom is -0.488 e. The second-order valence-corrected chi connectivity index (χ2v) is 9.64. The molecule has 0 radical (unpaired) electrons. The van der Waals surface area contributed by atoms with Crippen molar-refractivity contribution in [3.05, 3.63) is 89.0 Å². The van der Waals surface area contributed by atoms with E-state index in [1.165, 1.54) is 32.9 Å². The molecule has 3 aromatic carbocycles. The van der Waals surface area contributed by atoms with Gasteiger partial charge in [0.05, 0.1) is 0 Å². The molecule has 0 spiro atoms. The molecule has 0 fully saturated rings. The molecule has 0 amide bonds. The third kappa shape index (κ3) is 5.55. The molecule has 0 bridgehead atoms. The van der Waals surface area contributed by atoms with Crippen LogP contribution >= 0.6 is 8.58 Å². The predicted molar refractivity (Wildman–Crippen MR) is 128 cm³/mol. The molecule has 0 aliphatic rings. The van der Waals surface area contributed by atoms with Crippen molar-refractivity contribution in [3.8, 4) is 5.75 Å². The van der Waals surface area contributed by atoms with E-state index in [2.05, 4.69) is 93.4 Å².